The molecule has 6 aromatic rings. The van der Waals surface area contributed by atoms with Crippen LogP contribution in [0.4, 0.5) is 20.4 Å². The average molecular weight is 705 g/mol. The molecule has 9 rings (SSSR count). The zero-order valence-corrected chi connectivity index (χ0v) is 28.5. The highest BCUT2D eigenvalue weighted by Crippen LogP contribution is 2.34. The molecule has 14 heteroatoms. The van der Waals surface area contributed by atoms with Gasteiger partial charge in [-0.2, -0.15) is 0 Å². The molecule has 0 unspecified atom stereocenters. The first-order valence-corrected chi connectivity index (χ1v) is 17.8. The molecule has 4 aromatic heterocycles. The third-order valence-corrected chi connectivity index (χ3v) is 10.3. The maximum Gasteiger partial charge on any atom is 0.242 e. The number of carbonyl (C=O) groups is 1. The molecule has 0 saturated carbocycles. The lowest BCUT2D eigenvalue weighted by Gasteiger charge is -2.26. The third kappa shape index (κ3) is 6.01. The van der Waals surface area contributed by atoms with Gasteiger partial charge in [-0.1, -0.05) is 18.2 Å². The van der Waals surface area contributed by atoms with E-state index >= 15 is 0 Å². The van der Waals surface area contributed by atoms with E-state index < -0.39 is 17.7 Å². The van der Waals surface area contributed by atoms with Crippen LogP contribution >= 0.6 is 0 Å². The lowest BCUT2D eigenvalue weighted by molar-refractivity contribution is -0.122. The molecule has 3 aliphatic heterocycles. The summed E-state index contributed by atoms with van der Waals surface area (Å²) in [5, 5.41) is 6.82. The van der Waals surface area contributed by atoms with Gasteiger partial charge in [0.15, 0.2) is 5.82 Å². The van der Waals surface area contributed by atoms with E-state index in [4.69, 9.17) is 19.7 Å². The number of rotatable bonds is 5. The molecule has 2 N–H and O–H groups in total. The second-order valence-electron chi connectivity index (χ2n) is 13.6. The number of aryl methyl sites for hydroxylation is 1. The first kappa shape index (κ1) is 32.4. The number of morpholine rings is 1. The van der Waals surface area contributed by atoms with E-state index in [-0.39, 0.29) is 17.5 Å². The molecule has 4 bridgehead atoms. The van der Waals surface area contributed by atoms with Crippen molar-refractivity contribution in [3.63, 3.8) is 0 Å². The molecule has 0 spiro atoms. The number of aromatic nitrogens is 6. The molecular formula is C38H38F2N10O2. The summed E-state index contributed by atoms with van der Waals surface area (Å²) in [5.41, 5.74) is 4.63. The maximum atomic E-state index is 14.8. The number of hydrogen-bond donors (Lipinski definition) is 2. The predicted octanol–water partition coefficient (Wildman–Crippen LogP) is 4.54. The van der Waals surface area contributed by atoms with Gasteiger partial charge in [-0.25, -0.2) is 28.7 Å². The highest BCUT2D eigenvalue weighted by Gasteiger charge is 2.39. The summed E-state index contributed by atoms with van der Waals surface area (Å²) in [6, 6.07) is 15.0. The average Bonchev–Trinajstić information content (AvgIpc) is 3.88. The van der Waals surface area contributed by atoms with E-state index in [1.54, 1.807) is 23.0 Å². The summed E-state index contributed by atoms with van der Waals surface area (Å²) in [6.45, 7) is 5.86. The van der Waals surface area contributed by atoms with Crippen molar-refractivity contribution in [3.8, 4) is 22.6 Å². The second kappa shape index (κ2) is 13.6. The van der Waals surface area contributed by atoms with E-state index in [9.17, 15) is 13.6 Å². The molecule has 2 aromatic carbocycles. The van der Waals surface area contributed by atoms with Crippen LogP contribution in [-0.4, -0.2) is 97.7 Å². The first-order valence-electron chi connectivity index (χ1n) is 17.8. The van der Waals surface area contributed by atoms with Crippen LogP contribution in [0.5, 0.6) is 0 Å². The van der Waals surface area contributed by atoms with E-state index in [0.29, 0.717) is 55.5 Å². The number of nitrogens with one attached hydrogen (secondary N) is 2. The highest BCUT2D eigenvalue weighted by molar-refractivity contribution is 5.92. The summed E-state index contributed by atoms with van der Waals surface area (Å²) in [7, 11) is 0. The monoisotopic (exact) mass is 704 g/mol. The maximum absolute atomic E-state index is 14.8. The fraction of sp³-hybridized carbons (Fsp3) is 0.342. The minimum atomic E-state index is -0.709. The molecule has 2 saturated heterocycles. The van der Waals surface area contributed by atoms with Gasteiger partial charge >= 0.3 is 0 Å². The lowest BCUT2D eigenvalue weighted by Crippen LogP contribution is -2.44. The molecule has 0 radical (unpaired) electrons. The largest absolute Gasteiger partial charge is 0.379 e. The summed E-state index contributed by atoms with van der Waals surface area (Å²) in [6.07, 6.45) is 6.95. The summed E-state index contributed by atoms with van der Waals surface area (Å²) >= 11 is 0. The Morgan fingerprint density at radius 2 is 1.85 bits per heavy atom. The Bertz CT molecular complexity index is 2280. The number of fused-ring (bicyclic) bond motifs is 6. The van der Waals surface area contributed by atoms with Gasteiger partial charge < -0.3 is 24.8 Å². The second-order valence-corrected chi connectivity index (χ2v) is 13.6. The molecule has 2 fully saturated rings. The number of anilines is 2. The van der Waals surface area contributed by atoms with Gasteiger partial charge in [-0.3, -0.25) is 14.1 Å². The number of ether oxygens (including phenoxy) is 1. The predicted molar refractivity (Wildman–Crippen MR) is 193 cm³/mol. The topological polar surface area (TPSA) is 118 Å². The smallest absolute Gasteiger partial charge is 0.242 e. The number of amides is 1. The zero-order chi connectivity index (χ0) is 35.2. The number of benzene rings is 2. The number of pyridine rings is 1. The number of halogens is 2. The van der Waals surface area contributed by atoms with Crippen molar-refractivity contribution in [1.29, 1.82) is 0 Å². The molecule has 266 valence electrons. The SMILES string of the molecule is O=C1NCCCn2c(CCN3CCOCC3)nc3cccc(c32)-c2cccc(n2)N[C@H]2C[C@@H]1N(c1nccn3c(-c4ccc(F)cc4F)ncc13)C2. The van der Waals surface area contributed by atoms with Gasteiger partial charge in [0.25, 0.3) is 0 Å². The van der Waals surface area contributed by atoms with E-state index in [1.165, 1.54) is 12.1 Å². The van der Waals surface area contributed by atoms with Crippen LogP contribution in [0, 0.1) is 11.6 Å². The number of nitrogens with zero attached hydrogens (tertiary/aromatic N) is 8. The lowest BCUT2D eigenvalue weighted by atomic mass is 10.1. The van der Waals surface area contributed by atoms with Gasteiger partial charge in [-0.05, 0) is 43.2 Å². The Labute approximate surface area is 298 Å². The molecule has 7 heterocycles. The molecule has 12 nitrogen and oxygen atoms in total. The number of hydrogen-bond acceptors (Lipinski definition) is 9. The minimum absolute atomic E-state index is 0.0993. The molecule has 52 heavy (non-hydrogen) atoms. The normalized spacial score (nSPS) is 19.7. The summed E-state index contributed by atoms with van der Waals surface area (Å²) < 4.78 is 38.1. The zero-order valence-electron chi connectivity index (χ0n) is 28.5. The van der Waals surface area contributed by atoms with Crippen LogP contribution in [-0.2, 0) is 22.5 Å². The minimum Gasteiger partial charge on any atom is -0.379 e. The molecule has 3 aliphatic rings. The van der Waals surface area contributed by atoms with Crippen LogP contribution in [0.25, 0.3) is 39.2 Å². The van der Waals surface area contributed by atoms with Crippen LogP contribution in [0.3, 0.4) is 0 Å². The Kier molecular flexibility index (Phi) is 8.47. The molecular weight excluding hydrogens is 666 g/mol. The van der Waals surface area contributed by atoms with Gasteiger partial charge in [0, 0.05) is 75.8 Å². The number of para-hydroxylation sites is 1. The Balaban J connectivity index is 1.05. The highest BCUT2D eigenvalue weighted by atomic mass is 19.1. The Hall–Kier alpha value is -5.47. The van der Waals surface area contributed by atoms with E-state index in [2.05, 4.69) is 37.2 Å². The van der Waals surface area contributed by atoms with E-state index in [1.807, 2.05) is 29.2 Å². The van der Waals surface area contributed by atoms with Crippen molar-refractivity contribution >= 4 is 34.1 Å². The van der Waals surface area contributed by atoms with Crippen molar-refractivity contribution in [2.45, 2.75) is 37.9 Å². The van der Waals surface area contributed by atoms with Gasteiger partial charge in [0.1, 0.15) is 40.7 Å². The molecule has 2 atom stereocenters. The van der Waals surface area contributed by atoms with Gasteiger partial charge in [0.05, 0.1) is 41.7 Å². The molecule has 0 aliphatic carbocycles. The van der Waals surface area contributed by atoms with Crippen molar-refractivity contribution in [3.05, 3.63) is 90.6 Å². The number of carbonyl (C=O) groups excluding carboxylic acids is 1. The van der Waals surface area contributed by atoms with Crippen molar-refractivity contribution in [2.24, 2.45) is 0 Å². The van der Waals surface area contributed by atoms with Gasteiger partial charge in [-0.15, -0.1) is 0 Å². The summed E-state index contributed by atoms with van der Waals surface area (Å²) in [4.78, 5) is 37.8. The van der Waals surface area contributed by atoms with Crippen molar-refractivity contribution in [1.82, 2.24) is 39.1 Å². The van der Waals surface area contributed by atoms with Crippen molar-refractivity contribution < 1.29 is 18.3 Å². The quantitative estimate of drug-likeness (QED) is 0.267. The number of imidazole rings is 2. The summed E-state index contributed by atoms with van der Waals surface area (Å²) in [5.74, 6) is 1.13. The molecule has 1 amide bonds. The van der Waals surface area contributed by atoms with Crippen LogP contribution in [0.15, 0.2) is 73.2 Å². The Morgan fingerprint density at radius 1 is 0.962 bits per heavy atom. The first-order chi connectivity index (χ1) is 25.5. The standard InChI is InChI=1S/C38H38F2N10O2/c39-24-8-9-26(28(40)20-24)36-43-22-32-37(41-12-15-48(32)36)50-23-25-21-31(50)38(51)42-11-3-13-49-34(10-14-47-16-18-52-19-17-47)46-30-6-1-4-27(35(30)49)29-5-2-7-33(44-25)45-29/h1-2,4-9,12,15,20,22,25,31H,3,10-11,13-14,16-19,21,23H2,(H,42,51)(H,44,45)/t25-,31-/m0/s1. The van der Waals surface area contributed by atoms with Crippen LogP contribution < -0.4 is 15.5 Å². The fourth-order valence-corrected chi connectivity index (χ4v) is 7.82. The van der Waals surface area contributed by atoms with Crippen LogP contribution in [0.2, 0.25) is 0 Å². The van der Waals surface area contributed by atoms with Crippen molar-refractivity contribution in [2.75, 3.05) is 56.2 Å². The third-order valence-electron chi connectivity index (χ3n) is 10.3. The fourth-order valence-electron chi connectivity index (χ4n) is 7.82. The van der Waals surface area contributed by atoms with E-state index in [0.717, 1.165) is 73.5 Å². The Morgan fingerprint density at radius 3 is 2.73 bits per heavy atom. The van der Waals surface area contributed by atoms with Gasteiger partial charge in [0.2, 0.25) is 5.91 Å². The van der Waals surface area contributed by atoms with Crippen LogP contribution in [0.1, 0.15) is 18.7 Å².